The number of alkyl halides is 3. The highest BCUT2D eigenvalue weighted by molar-refractivity contribution is 5.33. The zero-order chi connectivity index (χ0) is 17.6. The summed E-state index contributed by atoms with van der Waals surface area (Å²) in [5.41, 5.74) is -0.453. The van der Waals surface area contributed by atoms with Gasteiger partial charge in [-0.25, -0.2) is 4.98 Å². The molecule has 2 aromatic rings. The number of likely N-dealkylation sites (tertiary alicyclic amines) is 1. The highest BCUT2D eigenvalue weighted by atomic mass is 19.4. The number of β-amino-alcohol motifs (C(OH)–C–C–N with tert-alkyl or cyclic N) is 1. The predicted octanol–water partition coefficient (Wildman–Crippen LogP) is 3.88. The summed E-state index contributed by atoms with van der Waals surface area (Å²) >= 11 is 0. The van der Waals surface area contributed by atoms with Crippen molar-refractivity contribution in [3.05, 3.63) is 53.2 Å². The van der Waals surface area contributed by atoms with Crippen LogP contribution in [0.25, 0.3) is 0 Å². The van der Waals surface area contributed by atoms with Crippen molar-refractivity contribution in [1.82, 2.24) is 9.88 Å². The number of aliphatic hydroxyl groups is 1. The Balaban J connectivity index is 1.59. The van der Waals surface area contributed by atoms with Crippen LogP contribution in [-0.2, 0) is 12.7 Å². The van der Waals surface area contributed by atoms with Gasteiger partial charge in [-0.05, 0) is 30.9 Å². The third-order valence-electron chi connectivity index (χ3n) is 4.90. The molecule has 0 bridgehead atoms. The van der Waals surface area contributed by atoms with E-state index in [-0.39, 0.29) is 12.0 Å². The van der Waals surface area contributed by atoms with E-state index in [1.165, 1.54) is 12.1 Å². The van der Waals surface area contributed by atoms with Gasteiger partial charge in [-0.2, -0.15) is 13.2 Å². The van der Waals surface area contributed by atoms with Crippen LogP contribution in [0.2, 0.25) is 0 Å². The summed E-state index contributed by atoms with van der Waals surface area (Å²) in [4.78, 5) is 6.07. The molecule has 1 aliphatic heterocycles. The number of oxazole rings is 1. The van der Waals surface area contributed by atoms with Crippen LogP contribution in [0.15, 0.2) is 34.9 Å². The molecular weight excluding hydrogens is 333 g/mol. The molecule has 1 aromatic heterocycles. The highest BCUT2D eigenvalue weighted by Gasteiger charge is 2.40. The van der Waals surface area contributed by atoms with E-state index < -0.39 is 23.9 Å². The third-order valence-corrected chi connectivity index (χ3v) is 4.90. The van der Waals surface area contributed by atoms with Gasteiger partial charge in [0.15, 0.2) is 0 Å². The van der Waals surface area contributed by atoms with Crippen molar-refractivity contribution < 1.29 is 22.7 Å². The van der Waals surface area contributed by atoms with E-state index in [0.29, 0.717) is 24.9 Å². The fourth-order valence-electron chi connectivity index (χ4n) is 3.55. The summed E-state index contributed by atoms with van der Waals surface area (Å²) in [5, 5.41) is 10.0. The topological polar surface area (TPSA) is 49.5 Å². The van der Waals surface area contributed by atoms with Gasteiger partial charge in [0.05, 0.1) is 24.4 Å². The smallest absolute Gasteiger partial charge is 0.416 e. The Morgan fingerprint density at radius 3 is 2.72 bits per heavy atom. The van der Waals surface area contributed by atoms with Gasteiger partial charge in [0, 0.05) is 18.5 Å². The third kappa shape index (κ3) is 3.43. The summed E-state index contributed by atoms with van der Waals surface area (Å²) in [5.74, 6) is 1.78. The molecule has 0 spiro atoms. The molecule has 25 heavy (non-hydrogen) atoms. The van der Waals surface area contributed by atoms with Crippen molar-refractivity contribution in [2.45, 2.75) is 50.0 Å². The van der Waals surface area contributed by atoms with Crippen LogP contribution >= 0.6 is 0 Å². The fraction of sp³-hybridized carbons (Fsp3) is 0.500. The minimum Gasteiger partial charge on any atom is -0.444 e. The Bertz CT molecular complexity index is 755. The van der Waals surface area contributed by atoms with Crippen molar-refractivity contribution in [3.63, 3.8) is 0 Å². The van der Waals surface area contributed by atoms with E-state index >= 15 is 0 Å². The first-order valence-corrected chi connectivity index (χ1v) is 8.44. The van der Waals surface area contributed by atoms with Crippen LogP contribution in [0.1, 0.15) is 54.0 Å². The van der Waals surface area contributed by atoms with Crippen molar-refractivity contribution >= 4 is 0 Å². The van der Waals surface area contributed by atoms with E-state index in [2.05, 4.69) is 4.98 Å². The number of benzene rings is 1. The zero-order valence-corrected chi connectivity index (χ0v) is 13.5. The number of aromatic nitrogens is 1. The monoisotopic (exact) mass is 352 g/mol. The van der Waals surface area contributed by atoms with Gasteiger partial charge in [0.2, 0.25) is 5.89 Å². The molecule has 1 aliphatic carbocycles. The molecule has 2 heterocycles. The maximum atomic E-state index is 13.3. The fourth-order valence-corrected chi connectivity index (χ4v) is 3.55. The normalized spacial score (nSPS) is 24.8. The van der Waals surface area contributed by atoms with Crippen molar-refractivity contribution in [2.24, 2.45) is 0 Å². The Morgan fingerprint density at radius 1 is 1.24 bits per heavy atom. The van der Waals surface area contributed by atoms with Crippen molar-refractivity contribution in [3.8, 4) is 0 Å². The molecule has 0 amide bonds. The number of hydrogen-bond donors (Lipinski definition) is 1. The Labute approximate surface area is 143 Å². The summed E-state index contributed by atoms with van der Waals surface area (Å²) in [6.07, 6.45) is -0.916. The van der Waals surface area contributed by atoms with Crippen LogP contribution in [0, 0.1) is 0 Å². The highest BCUT2D eigenvalue weighted by Crippen LogP contribution is 2.42. The Kier molecular flexibility index (Phi) is 4.08. The number of halogens is 3. The number of hydrogen-bond acceptors (Lipinski definition) is 4. The van der Waals surface area contributed by atoms with Crippen LogP contribution in [0.4, 0.5) is 13.2 Å². The van der Waals surface area contributed by atoms with Gasteiger partial charge in [0.25, 0.3) is 0 Å². The summed E-state index contributed by atoms with van der Waals surface area (Å²) in [6, 6.07) is 5.06. The molecular formula is C18H19F3N2O2. The maximum absolute atomic E-state index is 13.3. The van der Waals surface area contributed by atoms with Gasteiger partial charge < -0.3 is 9.52 Å². The molecule has 2 unspecified atom stereocenters. The number of nitrogens with zero attached hydrogens (tertiary/aromatic N) is 2. The van der Waals surface area contributed by atoms with Crippen LogP contribution < -0.4 is 0 Å². The minimum absolute atomic E-state index is 0.195. The van der Waals surface area contributed by atoms with E-state index in [1.54, 1.807) is 12.3 Å². The largest absolute Gasteiger partial charge is 0.444 e. The molecule has 4 nitrogen and oxygen atoms in total. The van der Waals surface area contributed by atoms with Gasteiger partial charge >= 0.3 is 6.18 Å². The molecule has 2 atom stereocenters. The van der Waals surface area contributed by atoms with E-state index in [9.17, 15) is 18.3 Å². The average molecular weight is 352 g/mol. The summed E-state index contributed by atoms with van der Waals surface area (Å²) in [6.45, 7) is 0.596. The molecule has 2 fully saturated rings. The van der Waals surface area contributed by atoms with Gasteiger partial charge in [-0.15, -0.1) is 0 Å². The first-order valence-electron chi connectivity index (χ1n) is 8.44. The lowest BCUT2D eigenvalue weighted by atomic mass is 9.97. The van der Waals surface area contributed by atoms with Crippen molar-refractivity contribution in [1.29, 1.82) is 0 Å². The van der Waals surface area contributed by atoms with E-state index in [0.717, 1.165) is 24.7 Å². The maximum Gasteiger partial charge on any atom is 0.416 e. The van der Waals surface area contributed by atoms with Gasteiger partial charge in [-0.3, -0.25) is 4.90 Å². The summed E-state index contributed by atoms with van der Waals surface area (Å²) < 4.78 is 45.8. The quantitative estimate of drug-likeness (QED) is 0.907. The van der Waals surface area contributed by atoms with Crippen molar-refractivity contribution in [2.75, 3.05) is 6.54 Å². The molecule has 1 saturated heterocycles. The number of aliphatic hydroxyl groups excluding tert-OH is 1. The van der Waals surface area contributed by atoms with E-state index in [4.69, 9.17) is 4.42 Å². The molecule has 7 heteroatoms. The van der Waals surface area contributed by atoms with Gasteiger partial charge in [0.1, 0.15) is 5.76 Å². The lowest BCUT2D eigenvalue weighted by Gasteiger charge is -2.25. The van der Waals surface area contributed by atoms with Crippen LogP contribution in [0.3, 0.4) is 0 Å². The zero-order valence-electron chi connectivity index (χ0n) is 13.5. The lowest BCUT2D eigenvalue weighted by Crippen LogP contribution is -2.26. The second kappa shape index (κ2) is 6.14. The van der Waals surface area contributed by atoms with Crippen LogP contribution in [-0.4, -0.2) is 27.6 Å². The molecule has 0 radical (unpaired) electrons. The lowest BCUT2D eigenvalue weighted by molar-refractivity contribution is -0.138. The van der Waals surface area contributed by atoms with Gasteiger partial charge in [-0.1, -0.05) is 18.2 Å². The first kappa shape index (κ1) is 16.6. The second-order valence-corrected chi connectivity index (χ2v) is 6.85. The standard InChI is InChI=1S/C18H19F3N2O2/c19-18(20,21)14-4-2-1-3-13(14)15-7-12(24)9-23(15)10-17-22-8-16(25-17)11-5-6-11/h1-4,8,11-12,15,24H,5-7,9-10H2. The SMILES string of the molecule is OC1CC(c2ccccc2C(F)(F)F)N(Cc2ncc(C3CC3)o2)C1. The Morgan fingerprint density at radius 2 is 2.00 bits per heavy atom. The molecule has 1 N–H and O–H groups in total. The van der Waals surface area contributed by atoms with Crippen LogP contribution in [0.5, 0.6) is 0 Å². The minimum atomic E-state index is -4.42. The predicted molar refractivity (Wildman–Crippen MR) is 83.7 cm³/mol. The summed E-state index contributed by atoms with van der Waals surface area (Å²) in [7, 11) is 0. The number of rotatable bonds is 4. The average Bonchev–Trinajstić information content (AvgIpc) is 3.20. The molecule has 4 rings (SSSR count). The van der Waals surface area contributed by atoms with E-state index in [1.807, 2.05) is 4.90 Å². The molecule has 1 aromatic carbocycles. The first-order chi connectivity index (χ1) is 11.9. The Hall–Kier alpha value is -1.86. The molecule has 2 aliphatic rings. The molecule has 134 valence electrons. The second-order valence-electron chi connectivity index (χ2n) is 6.85. The molecule has 1 saturated carbocycles.